The highest BCUT2D eigenvalue weighted by Crippen LogP contribution is 2.43. The number of para-hydroxylation sites is 1. The second kappa shape index (κ2) is 4.98. The summed E-state index contributed by atoms with van der Waals surface area (Å²) in [7, 11) is 3.88. The van der Waals surface area contributed by atoms with Crippen molar-refractivity contribution < 1.29 is 0 Å². The van der Waals surface area contributed by atoms with E-state index in [1.165, 1.54) is 34.7 Å². The molecular weight excluding hydrogens is 254 g/mol. The molecule has 1 aromatic carbocycles. The van der Waals surface area contributed by atoms with Crippen LogP contribution in [0.15, 0.2) is 28.6 Å². The molecule has 16 heavy (non-hydrogen) atoms. The molecule has 1 aliphatic rings. The minimum Gasteiger partial charge on any atom is -0.229 e. The van der Waals surface area contributed by atoms with Gasteiger partial charge in [0, 0.05) is 5.25 Å². The molecule has 1 aliphatic carbocycles. The quantitative estimate of drug-likeness (QED) is 0.728. The largest absolute Gasteiger partial charge is 0.229 e. The van der Waals surface area contributed by atoms with Gasteiger partial charge in [-0.05, 0) is 35.8 Å². The van der Waals surface area contributed by atoms with Gasteiger partial charge in [0.2, 0.25) is 0 Å². The average molecular weight is 267 g/mol. The molecule has 3 rings (SSSR count). The molecule has 1 fully saturated rings. The molecule has 84 valence electrons. The zero-order valence-electron chi connectivity index (χ0n) is 8.89. The van der Waals surface area contributed by atoms with Crippen molar-refractivity contribution in [2.45, 2.75) is 35.3 Å². The lowest BCUT2D eigenvalue weighted by Crippen LogP contribution is -1.89. The van der Waals surface area contributed by atoms with E-state index in [1.54, 1.807) is 0 Å². The second-order valence-electron chi connectivity index (χ2n) is 4.03. The molecule has 1 nitrogen and oxygen atoms in total. The lowest BCUT2D eigenvalue weighted by Gasteiger charge is -2.04. The van der Waals surface area contributed by atoms with Crippen molar-refractivity contribution in [2.24, 2.45) is 0 Å². The molecule has 2 aromatic rings. The fourth-order valence-corrected chi connectivity index (χ4v) is 5.97. The van der Waals surface area contributed by atoms with Crippen molar-refractivity contribution in [2.75, 3.05) is 0 Å². The first kappa shape index (κ1) is 10.9. The van der Waals surface area contributed by atoms with Gasteiger partial charge in [0.05, 0.1) is 10.2 Å². The first-order valence-electron chi connectivity index (χ1n) is 5.61. The monoisotopic (exact) mass is 267 g/mol. The third-order valence-electron chi connectivity index (χ3n) is 2.83. The summed E-state index contributed by atoms with van der Waals surface area (Å²) in [6.07, 6.45) is 5.61. The molecule has 1 heterocycles. The van der Waals surface area contributed by atoms with Crippen LogP contribution in [-0.4, -0.2) is 10.2 Å². The molecule has 0 bridgehead atoms. The molecule has 1 saturated carbocycles. The summed E-state index contributed by atoms with van der Waals surface area (Å²) in [5, 5.41) is 0.858. The summed E-state index contributed by atoms with van der Waals surface area (Å²) in [6.45, 7) is 0. The van der Waals surface area contributed by atoms with Crippen LogP contribution < -0.4 is 0 Å². The molecule has 0 saturated heterocycles. The number of aromatic nitrogens is 1. The van der Waals surface area contributed by atoms with E-state index in [0.29, 0.717) is 0 Å². The Morgan fingerprint density at radius 1 is 1.19 bits per heavy atom. The van der Waals surface area contributed by atoms with Crippen molar-refractivity contribution in [1.29, 1.82) is 0 Å². The fourth-order valence-electron chi connectivity index (χ4n) is 1.98. The van der Waals surface area contributed by atoms with Gasteiger partial charge in [0.15, 0.2) is 4.34 Å². The van der Waals surface area contributed by atoms with Gasteiger partial charge < -0.3 is 0 Å². The molecule has 1 aromatic heterocycles. The van der Waals surface area contributed by atoms with E-state index in [-0.39, 0.29) is 0 Å². The van der Waals surface area contributed by atoms with Gasteiger partial charge in [-0.3, -0.25) is 0 Å². The van der Waals surface area contributed by atoms with E-state index in [0.717, 1.165) is 10.8 Å². The van der Waals surface area contributed by atoms with Crippen LogP contribution in [0.5, 0.6) is 0 Å². The number of fused-ring (bicyclic) bond motifs is 1. The Bertz CT molecular complexity index is 441. The van der Waals surface area contributed by atoms with Crippen LogP contribution in [0.1, 0.15) is 25.7 Å². The van der Waals surface area contributed by atoms with Crippen LogP contribution >= 0.6 is 32.9 Å². The van der Waals surface area contributed by atoms with Gasteiger partial charge in [-0.15, -0.1) is 11.3 Å². The predicted octanol–water partition coefficient (Wildman–Crippen LogP) is 4.98. The van der Waals surface area contributed by atoms with E-state index in [1.807, 2.05) is 32.9 Å². The molecule has 0 aliphatic heterocycles. The molecular formula is C12H13NS3. The summed E-state index contributed by atoms with van der Waals surface area (Å²) in [4.78, 5) is 4.63. The molecule has 0 N–H and O–H groups in total. The topological polar surface area (TPSA) is 12.9 Å². The number of hydrogen-bond acceptors (Lipinski definition) is 4. The number of thiazole rings is 1. The molecule has 0 radical (unpaired) electrons. The Morgan fingerprint density at radius 2 is 2.00 bits per heavy atom. The van der Waals surface area contributed by atoms with Crippen LogP contribution in [0.3, 0.4) is 0 Å². The maximum atomic E-state index is 4.63. The van der Waals surface area contributed by atoms with Crippen LogP contribution in [0.4, 0.5) is 0 Å². The van der Waals surface area contributed by atoms with Crippen molar-refractivity contribution in [3.05, 3.63) is 24.3 Å². The Hall–Kier alpha value is -0.190. The lowest BCUT2D eigenvalue weighted by atomic mass is 10.3. The summed E-state index contributed by atoms with van der Waals surface area (Å²) in [5.74, 6) is 0. The molecule has 0 spiro atoms. The van der Waals surface area contributed by atoms with E-state index in [9.17, 15) is 0 Å². The van der Waals surface area contributed by atoms with Gasteiger partial charge in [0.1, 0.15) is 0 Å². The SMILES string of the molecule is c1ccc2sc(SSC3CCCC3)nc2c1. The van der Waals surface area contributed by atoms with Crippen LogP contribution in [0.2, 0.25) is 0 Å². The van der Waals surface area contributed by atoms with E-state index in [4.69, 9.17) is 0 Å². The Morgan fingerprint density at radius 3 is 2.81 bits per heavy atom. The lowest BCUT2D eigenvalue weighted by molar-refractivity contribution is 0.886. The summed E-state index contributed by atoms with van der Waals surface area (Å²) < 4.78 is 2.51. The van der Waals surface area contributed by atoms with Crippen LogP contribution in [-0.2, 0) is 0 Å². The summed E-state index contributed by atoms with van der Waals surface area (Å²) >= 11 is 1.81. The van der Waals surface area contributed by atoms with Crippen molar-refractivity contribution in [3.8, 4) is 0 Å². The summed E-state index contributed by atoms with van der Waals surface area (Å²) in [6, 6.07) is 8.38. The van der Waals surface area contributed by atoms with Gasteiger partial charge in [0.25, 0.3) is 0 Å². The maximum absolute atomic E-state index is 4.63. The third-order valence-corrected chi connectivity index (χ3v) is 7.13. The number of benzene rings is 1. The Balaban J connectivity index is 1.69. The highest BCUT2D eigenvalue weighted by Gasteiger charge is 2.16. The number of hydrogen-bond donors (Lipinski definition) is 0. The van der Waals surface area contributed by atoms with Crippen molar-refractivity contribution >= 4 is 43.1 Å². The molecule has 0 unspecified atom stereocenters. The van der Waals surface area contributed by atoms with Crippen LogP contribution in [0.25, 0.3) is 10.2 Å². The standard InChI is InChI=1S/C12H13NS3/c1-2-6-9(5-1)15-16-12-13-10-7-3-4-8-11(10)14-12/h3-4,7-9H,1-2,5-6H2. The zero-order valence-corrected chi connectivity index (χ0v) is 11.3. The van der Waals surface area contributed by atoms with E-state index in [2.05, 4.69) is 29.2 Å². The zero-order chi connectivity index (χ0) is 10.8. The highest BCUT2D eigenvalue weighted by atomic mass is 33.1. The number of nitrogens with zero attached hydrogens (tertiary/aromatic N) is 1. The van der Waals surface area contributed by atoms with Gasteiger partial charge in [-0.1, -0.05) is 35.8 Å². The second-order valence-corrected chi connectivity index (χ2v) is 7.81. The third kappa shape index (κ3) is 2.39. The average Bonchev–Trinajstić information content (AvgIpc) is 2.95. The minimum atomic E-state index is 0.858. The van der Waals surface area contributed by atoms with Gasteiger partial charge in [-0.25, -0.2) is 4.98 Å². The smallest absolute Gasteiger partial charge is 0.161 e. The summed E-state index contributed by atoms with van der Waals surface area (Å²) in [5.41, 5.74) is 1.14. The number of rotatable bonds is 3. The minimum absolute atomic E-state index is 0.858. The van der Waals surface area contributed by atoms with E-state index < -0.39 is 0 Å². The van der Waals surface area contributed by atoms with Gasteiger partial charge in [-0.2, -0.15) is 0 Å². The molecule has 0 amide bonds. The normalized spacial score (nSPS) is 17.2. The van der Waals surface area contributed by atoms with Crippen molar-refractivity contribution in [1.82, 2.24) is 4.98 Å². The molecule has 0 atom stereocenters. The fraction of sp³-hybridized carbons (Fsp3) is 0.417. The molecule has 4 heteroatoms. The first-order valence-corrected chi connectivity index (χ1v) is 8.64. The van der Waals surface area contributed by atoms with Crippen molar-refractivity contribution in [3.63, 3.8) is 0 Å². The van der Waals surface area contributed by atoms with Crippen LogP contribution in [0, 0.1) is 0 Å². The predicted molar refractivity (Wildman–Crippen MR) is 75.3 cm³/mol. The van der Waals surface area contributed by atoms with Gasteiger partial charge >= 0.3 is 0 Å². The Kier molecular flexibility index (Phi) is 3.40. The maximum Gasteiger partial charge on any atom is 0.161 e. The van der Waals surface area contributed by atoms with E-state index >= 15 is 0 Å². The highest BCUT2D eigenvalue weighted by molar-refractivity contribution is 8.77. The Labute approximate surface area is 107 Å². The first-order chi connectivity index (χ1) is 7.92.